The van der Waals surface area contributed by atoms with E-state index in [2.05, 4.69) is 0 Å². The average Bonchev–Trinajstić information content (AvgIpc) is 3.13. The number of rotatable bonds is 8. The van der Waals surface area contributed by atoms with Gasteiger partial charge in [0.2, 0.25) is 0 Å². The van der Waals surface area contributed by atoms with Gasteiger partial charge < -0.3 is 19.7 Å². The number of aliphatic hydroxyl groups excluding tert-OH is 1. The zero-order valence-electron chi connectivity index (χ0n) is 18.5. The van der Waals surface area contributed by atoms with E-state index < -0.39 is 29.4 Å². The van der Waals surface area contributed by atoms with Gasteiger partial charge in [-0.15, -0.1) is 0 Å². The normalized spacial score (nSPS) is 22.4. The van der Waals surface area contributed by atoms with Crippen LogP contribution in [0.5, 0.6) is 0 Å². The van der Waals surface area contributed by atoms with Gasteiger partial charge in [-0.3, -0.25) is 9.59 Å². The second-order valence-corrected chi connectivity index (χ2v) is 6.64. The van der Waals surface area contributed by atoms with Crippen LogP contribution in [0, 0.1) is 11.8 Å². The third-order valence-corrected chi connectivity index (χ3v) is 4.77. The van der Waals surface area contributed by atoms with Gasteiger partial charge >= 0.3 is 11.9 Å². The lowest BCUT2D eigenvalue weighted by molar-refractivity contribution is -0.158. The number of benzene rings is 1. The van der Waals surface area contributed by atoms with Crippen LogP contribution in [0.3, 0.4) is 0 Å². The maximum Gasteiger partial charge on any atom is 0.310 e. The summed E-state index contributed by atoms with van der Waals surface area (Å²) in [5.74, 6) is -2.40. The molecule has 1 aliphatic rings. The second kappa shape index (κ2) is 15.0. The molecule has 1 fully saturated rings. The summed E-state index contributed by atoms with van der Waals surface area (Å²) in [5.41, 5.74) is -0.244. The van der Waals surface area contributed by atoms with Crippen molar-refractivity contribution in [1.29, 1.82) is 0 Å². The predicted octanol–water partition coefficient (Wildman–Crippen LogP) is 3.88. The summed E-state index contributed by atoms with van der Waals surface area (Å²) in [6, 6.07) is 9.30. The van der Waals surface area contributed by atoms with Gasteiger partial charge in [0.25, 0.3) is 0 Å². The Labute approximate surface area is 175 Å². The first-order valence-corrected chi connectivity index (χ1v) is 10.6. The van der Waals surface area contributed by atoms with Crippen molar-refractivity contribution in [3.05, 3.63) is 35.9 Å². The lowest BCUT2D eigenvalue weighted by atomic mass is 9.93. The van der Waals surface area contributed by atoms with E-state index in [9.17, 15) is 14.7 Å². The van der Waals surface area contributed by atoms with Gasteiger partial charge in [0.15, 0.2) is 0 Å². The Hall–Kier alpha value is -1.92. The molecule has 0 saturated heterocycles. The molecular weight excluding hydrogens is 372 g/mol. The molecule has 0 radical (unpaired) electrons. The molecule has 0 bridgehead atoms. The van der Waals surface area contributed by atoms with Crippen LogP contribution in [-0.2, 0) is 25.7 Å². The van der Waals surface area contributed by atoms with E-state index in [-0.39, 0.29) is 26.1 Å². The van der Waals surface area contributed by atoms with Gasteiger partial charge in [0.1, 0.15) is 6.61 Å². The first-order chi connectivity index (χ1) is 14.0. The summed E-state index contributed by atoms with van der Waals surface area (Å²) >= 11 is 0. The average molecular weight is 411 g/mol. The first kappa shape index (κ1) is 27.1. The molecule has 2 N–H and O–H groups in total. The monoisotopic (exact) mass is 410 g/mol. The maximum atomic E-state index is 12.5. The quantitative estimate of drug-likeness (QED) is 0.499. The highest BCUT2D eigenvalue weighted by atomic mass is 16.5. The number of carbonyl (C=O) groups excluding carboxylic acids is 2. The summed E-state index contributed by atoms with van der Waals surface area (Å²) < 4.78 is 10.2. The van der Waals surface area contributed by atoms with Gasteiger partial charge in [-0.2, -0.15) is 0 Å². The lowest BCUT2D eigenvalue weighted by Gasteiger charge is -2.22. The fraction of sp³-hybridized carbons (Fsp3) is 0.652. The van der Waals surface area contributed by atoms with Crippen LogP contribution in [0.4, 0.5) is 0 Å². The summed E-state index contributed by atoms with van der Waals surface area (Å²) in [6.07, 6.45) is 1.99. The molecule has 0 spiro atoms. The number of carbonyl (C=O) groups is 2. The fourth-order valence-electron chi connectivity index (χ4n) is 3.44. The van der Waals surface area contributed by atoms with E-state index in [1.54, 1.807) is 0 Å². The Morgan fingerprint density at radius 1 is 1.00 bits per heavy atom. The lowest BCUT2D eigenvalue weighted by Crippen LogP contribution is -2.27. The van der Waals surface area contributed by atoms with Crippen LogP contribution in [-0.4, -0.2) is 41.5 Å². The van der Waals surface area contributed by atoms with Gasteiger partial charge in [0, 0.05) is 6.61 Å². The Morgan fingerprint density at radius 2 is 1.55 bits per heavy atom. The third kappa shape index (κ3) is 8.96. The van der Waals surface area contributed by atoms with Crippen LogP contribution in [0.25, 0.3) is 0 Å². The fourth-order valence-corrected chi connectivity index (χ4v) is 3.44. The molecule has 3 unspecified atom stereocenters. The molecule has 6 nitrogen and oxygen atoms in total. The van der Waals surface area contributed by atoms with Crippen molar-refractivity contribution in [3.63, 3.8) is 0 Å². The smallest absolute Gasteiger partial charge is 0.310 e. The topological polar surface area (TPSA) is 93.1 Å². The van der Waals surface area contributed by atoms with Gasteiger partial charge in [-0.1, -0.05) is 58.0 Å². The van der Waals surface area contributed by atoms with E-state index in [4.69, 9.17) is 14.6 Å². The highest BCUT2D eigenvalue weighted by Crippen LogP contribution is 2.43. The predicted molar refractivity (Wildman–Crippen MR) is 113 cm³/mol. The molecule has 6 heteroatoms. The standard InChI is InChI=1S/C19H26O6.2C2H6/c1-24-17(21)15-11-19(23,9-5-6-10-20)12-16(15)18(22)25-13-14-7-3-2-4-8-14;2*1-2/h2-4,7-8,15-16,20,23H,5-6,9-13H2,1H3;2*1-2H3. The number of methoxy groups -OCH3 is 1. The molecule has 2 rings (SSSR count). The third-order valence-electron chi connectivity index (χ3n) is 4.77. The summed E-state index contributed by atoms with van der Waals surface area (Å²) in [6.45, 7) is 8.19. The zero-order chi connectivity index (χ0) is 22.3. The molecule has 29 heavy (non-hydrogen) atoms. The van der Waals surface area contributed by atoms with Crippen LogP contribution in [0.2, 0.25) is 0 Å². The van der Waals surface area contributed by atoms with Crippen LogP contribution < -0.4 is 0 Å². The van der Waals surface area contributed by atoms with Crippen molar-refractivity contribution >= 4 is 11.9 Å². The van der Waals surface area contributed by atoms with E-state index >= 15 is 0 Å². The van der Waals surface area contributed by atoms with Crippen LogP contribution in [0.1, 0.15) is 65.4 Å². The van der Waals surface area contributed by atoms with Crippen molar-refractivity contribution in [1.82, 2.24) is 0 Å². The highest BCUT2D eigenvalue weighted by molar-refractivity contribution is 5.83. The molecule has 0 aliphatic heterocycles. The van der Waals surface area contributed by atoms with E-state index in [0.717, 1.165) is 5.56 Å². The van der Waals surface area contributed by atoms with Crippen LogP contribution in [0.15, 0.2) is 30.3 Å². The van der Waals surface area contributed by atoms with Crippen molar-refractivity contribution in [2.45, 2.75) is 72.0 Å². The minimum atomic E-state index is -1.11. The number of hydrogen-bond acceptors (Lipinski definition) is 6. The summed E-state index contributed by atoms with van der Waals surface area (Å²) in [4.78, 5) is 24.5. The molecule has 0 aromatic heterocycles. The number of aliphatic hydroxyl groups is 2. The zero-order valence-corrected chi connectivity index (χ0v) is 18.5. The minimum absolute atomic E-state index is 0.0546. The van der Waals surface area contributed by atoms with Crippen molar-refractivity contribution in [2.75, 3.05) is 13.7 Å². The highest BCUT2D eigenvalue weighted by Gasteiger charge is 2.51. The summed E-state index contributed by atoms with van der Waals surface area (Å²) in [7, 11) is 1.28. The van der Waals surface area contributed by atoms with E-state index in [0.29, 0.717) is 19.3 Å². The Morgan fingerprint density at radius 3 is 2.07 bits per heavy atom. The van der Waals surface area contributed by atoms with E-state index in [1.807, 2.05) is 58.0 Å². The Kier molecular flexibility index (Phi) is 14.0. The molecule has 3 atom stereocenters. The first-order valence-electron chi connectivity index (χ1n) is 10.6. The number of unbranched alkanes of at least 4 members (excludes halogenated alkanes) is 1. The van der Waals surface area contributed by atoms with Crippen LogP contribution >= 0.6 is 0 Å². The summed E-state index contributed by atoms with van der Waals surface area (Å²) in [5, 5.41) is 19.6. The van der Waals surface area contributed by atoms with E-state index in [1.165, 1.54) is 7.11 Å². The molecule has 0 heterocycles. The number of hydrogen-bond donors (Lipinski definition) is 2. The SMILES string of the molecule is CC.CC.COC(=O)C1CC(O)(CCCCO)CC1C(=O)OCc1ccccc1. The second-order valence-electron chi connectivity index (χ2n) is 6.64. The number of ether oxygens (including phenoxy) is 2. The van der Waals surface area contributed by atoms with Crippen molar-refractivity contribution in [3.8, 4) is 0 Å². The minimum Gasteiger partial charge on any atom is -0.469 e. The molecule has 0 amide bonds. The van der Waals surface area contributed by atoms with Gasteiger partial charge in [-0.05, 0) is 37.7 Å². The largest absolute Gasteiger partial charge is 0.469 e. The van der Waals surface area contributed by atoms with Gasteiger partial charge in [-0.25, -0.2) is 0 Å². The molecular formula is C23H38O6. The Balaban J connectivity index is 0.00000184. The molecule has 166 valence electrons. The Bertz CT molecular complexity index is 574. The molecule has 1 saturated carbocycles. The molecule has 1 aromatic rings. The van der Waals surface area contributed by atoms with Crippen molar-refractivity contribution in [2.24, 2.45) is 11.8 Å². The molecule has 1 aromatic carbocycles. The molecule has 1 aliphatic carbocycles. The number of esters is 2. The van der Waals surface area contributed by atoms with Crippen molar-refractivity contribution < 1.29 is 29.3 Å². The maximum absolute atomic E-state index is 12.5. The van der Waals surface area contributed by atoms with Gasteiger partial charge in [0.05, 0.1) is 24.5 Å².